The van der Waals surface area contributed by atoms with Gasteiger partial charge in [0.25, 0.3) is 0 Å². The first-order valence-corrected chi connectivity index (χ1v) is 5.06. The van der Waals surface area contributed by atoms with Crippen LogP contribution >= 0.6 is 0 Å². The molecule has 3 heteroatoms. The molecule has 0 saturated carbocycles. The zero-order valence-electron chi connectivity index (χ0n) is 10.2. The summed E-state index contributed by atoms with van der Waals surface area (Å²) < 4.78 is 0. The van der Waals surface area contributed by atoms with Gasteiger partial charge in [-0.25, -0.2) is 0 Å². The van der Waals surface area contributed by atoms with Gasteiger partial charge in [0.1, 0.15) is 0 Å². The van der Waals surface area contributed by atoms with Gasteiger partial charge in [0.2, 0.25) is 0 Å². The van der Waals surface area contributed by atoms with E-state index in [9.17, 15) is 4.79 Å². The van der Waals surface area contributed by atoms with E-state index >= 15 is 0 Å². The Kier molecular flexibility index (Phi) is 4.13. The van der Waals surface area contributed by atoms with Crippen molar-refractivity contribution in [3.05, 3.63) is 0 Å². The Morgan fingerprint density at radius 3 is 1.93 bits per heavy atom. The van der Waals surface area contributed by atoms with Crippen LogP contribution < -0.4 is 0 Å². The Balaban J connectivity index is 4.70. The molecule has 0 spiro atoms. The number of nitrogens with zero attached hydrogens (tertiary/aromatic N) is 1. The molecule has 0 aliphatic heterocycles. The molecule has 0 fully saturated rings. The van der Waals surface area contributed by atoms with Crippen molar-refractivity contribution in [1.82, 2.24) is 4.90 Å². The third-order valence-electron chi connectivity index (χ3n) is 3.24. The highest BCUT2D eigenvalue weighted by Crippen LogP contribution is 2.33. The van der Waals surface area contributed by atoms with Crippen LogP contribution in [0.5, 0.6) is 0 Å². The standard InChI is InChI=1S/C11H23NO2/c1-7-11(4,12(5)6)8-10(2,3)9(13)14/h7-8H2,1-6H3,(H,13,14). The Labute approximate surface area is 87.1 Å². The average Bonchev–Trinajstić information content (AvgIpc) is 2.02. The quantitative estimate of drug-likeness (QED) is 0.741. The molecule has 84 valence electrons. The molecular formula is C11H23NO2. The highest BCUT2D eigenvalue weighted by atomic mass is 16.4. The molecule has 0 saturated heterocycles. The second-order valence-corrected chi connectivity index (χ2v) is 5.11. The molecule has 0 aromatic carbocycles. The van der Waals surface area contributed by atoms with Crippen molar-refractivity contribution in [2.75, 3.05) is 14.1 Å². The second-order valence-electron chi connectivity index (χ2n) is 5.11. The first-order chi connectivity index (χ1) is 6.15. The van der Waals surface area contributed by atoms with E-state index in [0.717, 1.165) is 6.42 Å². The van der Waals surface area contributed by atoms with Crippen molar-refractivity contribution in [3.8, 4) is 0 Å². The minimum Gasteiger partial charge on any atom is -0.481 e. The number of rotatable bonds is 5. The van der Waals surface area contributed by atoms with Crippen molar-refractivity contribution in [2.45, 2.75) is 46.1 Å². The second kappa shape index (κ2) is 4.30. The molecule has 1 unspecified atom stereocenters. The number of hydrogen-bond acceptors (Lipinski definition) is 2. The normalized spacial score (nSPS) is 16.8. The summed E-state index contributed by atoms with van der Waals surface area (Å²) in [4.78, 5) is 13.1. The van der Waals surface area contributed by atoms with Crippen molar-refractivity contribution in [3.63, 3.8) is 0 Å². The predicted octanol–water partition coefficient (Wildman–Crippen LogP) is 2.22. The van der Waals surface area contributed by atoms with E-state index < -0.39 is 11.4 Å². The molecule has 0 aliphatic carbocycles. The fraction of sp³-hybridized carbons (Fsp3) is 0.909. The average molecular weight is 201 g/mol. The monoisotopic (exact) mass is 201 g/mol. The molecule has 0 amide bonds. The number of aliphatic carboxylic acids is 1. The lowest BCUT2D eigenvalue weighted by molar-refractivity contribution is -0.149. The van der Waals surface area contributed by atoms with E-state index in [1.165, 1.54) is 0 Å². The van der Waals surface area contributed by atoms with Crippen LogP contribution in [0.1, 0.15) is 40.5 Å². The topological polar surface area (TPSA) is 40.5 Å². The third-order valence-corrected chi connectivity index (χ3v) is 3.24. The molecule has 0 aromatic rings. The third kappa shape index (κ3) is 2.98. The largest absolute Gasteiger partial charge is 0.481 e. The Bertz CT molecular complexity index is 211. The Morgan fingerprint density at radius 1 is 1.29 bits per heavy atom. The fourth-order valence-electron chi connectivity index (χ4n) is 1.63. The van der Waals surface area contributed by atoms with Gasteiger partial charge in [0.15, 0.2) is 0 Å². The summed E-state index contributed by atoms with van der Waals surface area (Å²) >= 11 is 0. The molecule has 14 heavy (non-hydrogen) atoms. The number of carbonyl (C=O) groups is 1. The van der Waals surface area contributed by atoms with Crippen LogP contribution in [-0.2, 0) is 4.79 Å². The van der Waals surface area contributed by atoms with Gasteiger partial charge in [-0.05, 0) is 47.7 Å². The van der Waals surface area contributed by atoms with Crippen LogP contribution in [0.25, 0.3) is 0 Å². The Hall–Kier alpha value is -0.570. The number of carboxylic acids is 1. The van der Waals surface area contributed by atoms with Crippen LogP contribution in [0.2, 0.25) is 0 Å². The van der Waals surface area contributed by atoms with Gasteiger partial charge in [-0.1, -0.05) is 6.92 Å². The van der Waals surface area contributed by atoms with Crippen molar-refractivity contribution < 1.29 is 9.90 Å². The zero-order chi connectivity index (χ0) is 11.6. The Morgan fingerprint density at radius 2 is 1.71 bits per heavy atom. The molecule has 0 rings (SSSR count). The molecule has 0 bridgehead atoms. The molecular weight excluding hydrogens is 178 g/mol. The summed E-state index contributed by atoms with van der Waals surface area (Å²) in [5, 5.41) is 9.06. The summed E-state index contributed by atoms with van der Waals surface area (Å²) in [6.07, 6.45) is 1.62. The highest BCUT2D eigenvalue weighted by Gasteiger charge is 2.37. The van der Waals surface area contributed by atoms with Gasteiger partial charge < -0.3 is 10.0 Å². The van der Waals surface area contributed by atoms with Crippen LogP contribution in [-0.4, -0.2) is 35.6 Å². The molecule has 1 atom stereocenters. The molecule has 1 N–H and O–H groups in total. The van der Waals surface area contributed by atoms with E-state index in [4.69, 9.17) is 5.11 Å². The smallest absolute Gasteiger partial charge is 0.309 e. The maximum Gasteiger partial charge on any atom is 0.309 e. The van der Waals surface area contributed by atoms with Crippen molar-refractivity contribution >= 4 is 5.97 Å². The van der Waals surface area contributed by atoms with Crippen LogP contribution in [0.15, 0.2) is 0 Å². The van der Waals surface area contributed by atoms with E-state index in [1.54, 1.807) is 13.8 Å². The molecule has 3 nitrogen and oxygen atoms in total. The SMILES string of the molecule is CCC(C)(CC(C)(C)C(=O)O)N(C)C. The maximum absolute atomic E-state index is 11.0. The van der Waals surface area contributed by atoms with Gasteiger partial charge in [-0.15, -0.1) is 0 Å². The van der Waals surface area contributed by atoms with E-state index in [2.05, 4.69) is 18.7 Å². The van der Waals surface area contributed by atoms with Gasteiger partial charge in [0, 0.05) is 5.54 Å². The van der Waals surface area contributed by atoms with Gasteiger partial charge >= 0.3 is 5.97 Å². The lowest BCUT2D eigenvalue weighted by Gasteiger charge is -2.40. The minimum absolute atomic E-state index is 0.0398. The van der Waals surface area contributed by atoms with Gasteiger partial charge in [-0.3, -0.25) is 4.79 Å². The van der Waals surface area contributed by atoms with E-state index in [-0.39, 0.29) is 5.54 Å². The maximum atomic E-state index is 11.0. The summed E-state index contributed by atoms with van der Waals surface area (Å²) in [5.41, 5.74) is -0.697. The summed E-state index contributed by atoms with van der Waals surface area (Å²) in [7, 11) is 4.00. The van der Waals surface area contributed by atoms with Crippen LogP contribution in [0.4, 0.5) is 0 Å². The predicted molar refractivity (Wildman–Crippen MR) is 58.4 cm³/mol. The van der Waals surface area contributed by atoms with Crippen molar-refractivity contribution in [2.24, 2.45) is 5.41 Å². The molecule has 0 aliphatic rings. The van der Waals surface area contributed by atoms with Crippen LogP contribution in [0, 0.1) is 5.41 Å². The zero-order valence-corrected chi connectivity index (χ0v) is 10.2. The summed E-state index contributed by atoms with van der Waals surface area (Å²) in [5.74, 6) is -0.723. The first-order valence-electron chi connectivity index (χ1n) is 5.06. The summed E-state index contributed by atoms with van der Waals surface area (Å²) in [6, 6.07) is 0. The lowest BCUT2D eigenvalue weighted by Crippen LogP contribution is -2.46. The summed E-state index contributed by atoms with van der Waals surface area (Å²) in [6.45, 7) is 7.77. The molecule has 0 aromatic heterocycles. The number of hydrogen-bond donors (Lipinski definition) is 1. The lowest BCUT2D eigenvalue weighted by atomic mass is 9.77. The highest BCUT2D eigenvalue weighted by molar-refractivity contribution is 5.73. The van der Waals surface area contributed by atoms with Crippen LogP contribution in [0.3, 0.4) is 0 Å². The molecule has 0 heterocycles. The fourth-order valence-corrected chi connectivity index (χ4v) is 1.63. The van der Waals surface area contributed by atoms with E-state index in [1.807, 2.05) is 14.1 Å². The first kappa shape index (κ1) is 13.4. The van der Waals surface area contributed by atoms with Crippen molar-refractivity contribution in [1.29, 1.82) is 0 Å². The van der Waals surface area contributed by atoms with Gasteiger partial charge in [0.05, 0.1) is 5.41 Å². The molecule has 0 radical (unpaired) electrons. The van der Waals surface area contributed by atoms with E-state index in [0.29, 0.717) is 6.42 Å². The minimum atomic E-state index is -0.723. The van der Waals surface area contributed by atoms with Gasteiger partial charge in [-0.2, -0.15) is 0 Å². The number of carboxylic acid groups (broad SMARTS) is 1.